The van der Waals surface area contributed by atoms with Crippen LogP contribution >= 0.6 is 15.9 Å². The molecule has 144 valence electrons. The molecule has 3 heterocycles. The number of aromatic amines is 1. The van der Waals surface area contributed by atoms with Gasteiger partial charge >= 0.3 is 0 Å². The Hall–Kier alpha value is -2.25. The fourth-order valence-corrected chi connectivity index (χ4v) is 4.46. The Morgan fingerprint density at radius 3 is 2.71 bits per heavy atom. The predicted octanol–water partition coefficient (Wildman–Crippen LogP) is 3.51. The number of nitrogens with one attached hydrogen (secondary N) is 1. The van der Waals surface area contributed by atoms with Crippen LogP contribution < -0.4 is 4.90 Å². The van der Waals surface area contributed by atoms with E-state index < -0.39 is 0 Å². The molecule has 1 aromatic carbocycles. The van der Waals surface area contributed by atoms with Crippen LogP contribution in [0.3, 0.4) is 0 Å². The number of aromatic nitrogens is 3. The molecule has 3 aromatic rings. The molecule has 1 saturated heterocycles. The van der Waals surface area contributed by atoms with Gasteiger partial charge < -0.3 is 9.88 Å². The van der Waals surface area contributed by atoms with Crippen molar-refractivity contribution in [3.63, 3.8) is 0 Å². The van der Waals surface area contributed by atoms with E-state index >= 15 is 0 Å². The van der Waals surface area contributed by atoms with E-state index in [0.717, 1.165) is 53.1 Å². The molecule has 5 rings (SSSR count). The zero-order valence-corrected chi connectivity index (χ0v) is 17.2. The molecule has 7 heteroatoms. The van der Waals surface area contributed by atoms with Gasteiger partial charge in [-0.25, -0.2) is 9.97 Å². The van der Waals surface area contributed by atoms with Crippen LogP contribution in [-0.4, -0.2) is 58.4 Å². The Bertz CT molecular complexity index is 1010. The van der Waals surface area contributed by atoms with Gasteiger partial charge in [-0.2, -0.15) is 0 Å². The molecule has 1 saturated carbocycles. The van der Waals surface area contributed by atoms with Crippen LogP contribution in [0.5, 0.6) is 0 Å². The second kappa shape index (κ2) is 6.97. The SMILES string of the molecule is O=C(CN1CCN(c2ncnc3[nH]ccc23)CC2(CC2)C1)c1ccc(Br)cc1. The monoisotopic (exact) mass is 439 g/mol. The predicted molar refractivity (Wildman–Crippen MR) is 113 cm³/mol. The number of carbonyl (C=O) groups excluding carboxylic acids is 1. The first kappa shape index (κ1) is 17.8. The minimum absolute atomic E-state index is 0.187. The number of fused-ring (bicyclic) bond motifs is 1. The molecule has 0 amide bonds. The topological polar surface area (TPSA) is 65.1 Å². The first-order chi connectivity index (χ1) is 13.6. The molecule has 0 atom stereocenters. The number of hydrogen-bond donors (Lipinski definition) is 1. The molecule has 2 aromatic heterocycles. The second-order valence-corrected chi connectivity index (χ2v) is 8.92. The summed E-state index contributed by atoms with van der Waals surface area (Å²) in [6.07, 6.45) is 5.98. The van der Waals surface area contributed by atoms with E-state index in [1.165, 1.54) is 12.8 Å². The van der Waals surface area contributed by atoms with Crippen LogP contribution in [0.1, 0.15) is 23.2 Å². The summed E-state index contributed by atoms with van der Waals surface area (Å²) < 4.78 is 0.993. The standard InChI is InChI=1S/C21H22BrN5O/c22-16-3-1-15(2-4-16)18(28)11-26-9-10-27(13-21(12-26)6-7-21)20-17-5-8-23-19(17)24-14-25-20/h1-5,8,14H,6-7,9-13H2,(H,23,24,25). The fourth-order valence-electron chi connectivity index (χ4n) is 4.20. The van der Waals surface area contributed by atoms with E-state index in [1.807, 2.05) is 36.5 Å². The van der Waals surface area contributed by atoms with E-state index in [1.54, 1.807) is 6.33 Å². The summed E-state index contributed by atoms with van der Waals surface area (Å²) >= 11 is 3.43. The molecule has 1 spiro atoms. The third kappa shape index (κ3) is 3.44. The number of ketones is 1. The molecule has 2 aliphatic rings. The Labute approximate surface area is 172 Å². The summed E-state index contributed by atoms with van der Waals surface area (Å²) in [5.41, 5.74) is 1.93. The molecular formula is C21H22BrN5O. The highest BCUT2D eigenvalue weighted by Gasteiger charge is 2.47. The molecule has 0 bridgehead atoms. The normalized spacial score (nSPS) is 19.1. The van der Waals surface area contributed by atoms with Crippen molar-refractivity contribution in [3.05, 3.63) is 52.9 Å². The zero-order valence-electron chi connectivity index (χ0n) is 15.6. The van der Waals surface area contributed by atoms with Gasteiger partial charge in [0, 0.05) is 47.8 Å². The van der Waals surface area contributed by atoms with Crippen molar-refractivity contribution < 1.29 is 4.79 Å². The molecule has 0 unspecified atom stereocenters. The van der Waals surface area contributed by atoms with E-state index in [0.29, 0.717) is 6.54 Å². The highest BCUT2D eigenvalue weighted by molar-refractivity contribution is 9.10. The second-order valence-electron chi connectivity index (χ2n) is 8.00. The van der Waals surface area contributed by atoms with Gasteiger partial charge in [0.15, 0.2) is 5.78 Å². The Balaban J connectivity index is 1.34. The highest BCUT2D eigenvalue weighted by Crippen LogP contribution is 2.48. The van der Waals surface area contributed by atoms with E-state index in [4.69, 9.17) is 0 Å². The Morgan fingerprint density at radius 2 is 1.93 bits per heavy atom. The largest absolute Gasteiger partial charge is 0.354 e. The lowest BCUT2D eigenvalue weighted by Crippen LogP contribution is -2.35. The number of halogens is 1. The minimum atomic E-state index is 0.187. The lowest BCUT2D eigenvalue weighted by Gasteiger charge is -2.25. The van der Waals surface area contributed by atoms with Gasteiger partial charge in [0.1, 0.15) is 17.8 Å². The fraction of sp³-hybridized carbons (Fsp3) is 0.381. The first-order valence-electron chi connectivity index (χ1n) is 9.66. The number of carbonyl (C=O) groups is 1. The molecule has 1 aliphatic carbocycles. The average molecular weight is 440 g/mol. The summed E-state index contributed by atoms with van der Waals surface area (Å²) in [5.74, 6) is 1.19. The molecular weight excluding hydrogens is 418 g/mol. The highest BCUT2D eigenvalue weighted by atomic mass is 79.9. The van der Waals surface area contributed by atoms with E-state index in [2.05, 4.69) is 40.7 Å². The van der Waals surface area contributed by atoms with Crippen molar-refractivity contribution in [3.8, 4) is 0 Å². The van der Waals surface area contributed by atoms with E-state index in [9.17, 15) is 4.79 Å². The lowest BCUT2D eigenvalue weighted by molar-refractivity contribution is 0.0924. The molecule has 2 fully saturated rings. The van der Waals surface area contributed by atoms with Crippen LogP contribution in [0.15, 0.2) is 47.3 Å². The van der Waals surface area contributed by atoms with Crippen molar-refractivity contribution in [2.45, 2.75) is 12.8 Å². The quantitative estimate of drug-likeness (QED) is 0.630. The summed E-state index contributed by atoms with van der Waals surface area (Å²) in [6, 6.07) is 9.69. The Kier molecular flexibility index (Phi) is 4.44. The summed E-state index contributed by atoms with van der Waals surface area (Å²) in [6.45, 7) is 4.17. The van der Waals surface area contributed by atoms with Crippen molar-refractivity contribution in [1.82, 2.24) is 19.9 Å². The van der Waals surface area contributed by atoms with Crippen molar-refractivity contribution >= 4 is 38.6 Å². The molecule has 1 aliphatic heterocycles. The number of Topliss-reactive ketones (excluding diaryl/α,β-unsaturated/α-hetero) is 1. The third-order valence-corrected chi connectivity index (χ3v) is 6.42. The summed E-state index contributed by atoms with van der Waals surface area (Å²) in [7, 11) is 0. The van der Waals surface area contributed by atoms with Crippen molar-refractivity contribution in [2.24, 2.45) is 5.41 Å². The third-order valence-electron chi connectivity index (χ3n) is 5.89. The van der Waals surface area contributed by atoms with Crippen LogP contribution in [0.2, 0.25) is 0 Å². The van der Waals surface area contributed by atoms with Gasteiger partial charge in [-0.05, 0) is 31.0 Å². The van der Waals surface area contributed by atoms with Crippen LogP contribution in [0, 0.1) is 5.41 Å². The van der Waals surface area contributed by atoms with Gasteiger partial charge in [0.25, 0.3) is 0 Å². The van der Waals surface area contributed by atoms with Crippen LogP contribution in [0.4, 0.5) is 5.82 Å². The summed E-state index contributed by atoms with van der Waals surface area (Å²) in [5, 5.41) is 1.07. The zero-order chi connectivity index (χ0) is 19.1. The minimum Gasteiger partial charge on any atom is -0.354 e. The number of H-pyrrole nitrogens is 1. The van der Waals surface area contributed by atoms with Gasteiger partial charge in [-0.15, -0.1) is 0 Å². The summed E-state index contributed by atoms with van der Waals surface area (Å²) in [4.78, 5) is 29.5. The van der Waals surface area contributed by atoms with Gasteiger partial charge in [0.2, 0.25) is 0 Å². The number of nitrogens with zero attached hydrogens (tertiary/aromatic N) is 4. The Morgan fingerprint density at radius 1 is 1.11 bits per heavy atom. The van der Waals surface area contributed by atoms with Gasteiger partial charge in [-0.3, -0.25) is 9.69 Å². The van der Waals surface area contributed by atoms with Gasteiger partial charge in [-0.1, -0.05) is 28.1 Å². The number of hydrogen-bond acceptors (Lipinski definition) is 5. The van der Waals surface area contributed by atoms with Crippen molar-refractivity contribution in [2.75, 3.05) is 37.6 Å². The number of rotatable bonds is 4. The average Bonchev–Trinajstić information content (AvgIpc) is 3.32. The molecule has 6 nitrogen and oxygen atoms in total. The maximum Gasteiger partial charge on any atom is 0.176 e. The number of benzene rings is 1. The molecule has 28 heavy (non-hydrogen) atoms. The number of anilines is 1. The maximum atomic E-state index is 12.8. The van der Waals surface area contributed by atoms with Crippen LogP contribution in [0.25, 0.3) is 11.0 Å². The van der Waals surface area contributed by atoms with E-state index in [-0.39, 0.29) is 11.2 Å². The smallest absolute Gasteiger partial charge is 0.176 e. The van der Waals surface area contributed by atoms with Crippen LogP contribution in [-0.2, 0) is 0 Å². The molecule has 0 radical (unpaired) electrons. The maximum absolute atomic E-state index is 12.8. The molecule has 1 N–H and O–H groups in total. The first-order valence-corrected chi connectivity index (χ1v) is 10.5. The lowest BCUT2D eigenvalue weighted by atomic mass is 10.1. The van der Waals surface area contributed by atoms with Crippen molar-refractivity contribution in [1.29, 1.82) is 0 Å². The van der Waals surface area contributed by atoms with Gasteiger partial charge in [0.05, 0.1) is 11.9 Å².